The molecule has 0 atom stereocenters. The van der Waals surface area contributed by atoms with Gasteiger partial charge in [0.25, 0.3) is 0 Å². The number of nitrogens with two attached hydrogens (primary N) is 1. The molecule has 28 heavy (non-hydrogen) atoms. The second kappa shape index (κ2) is 8.41. The summed E-state index contributed by atoms with van der Waals surface area (Å²) >= 11 is 0. The molecule has 4 aromatic rings. The molecule has 1 aromatic heterocycles. The number of benzene rings is 3. The standard InChI is InChI=1S/C25H27N3/c1-19-4-2-6-24-23(14-20-7-9-21(17-26)10-8-20)15-22(16-25(19)24)5-3-12-28-13-11-27-18-28/h2,4,6-11,13,15-16,18H,3,5,12,14,17,26H2,1H3. The first-order chi connectivity index (χ1) is 13.7. The number of hydrogen-bond acceptors (Lipinski definition) is 2. The van der Waals surface area contributed by atoms with Crippen molar-refractivity contribution >= 4 is 10.8 Å². The van der Waals surface area contributed by atoms with Crippen molar-refractivity contribution < 1.29 is 0 Å². The zero-order valence-electron chi connectivity index (χ0n) is 16.4. The molecular weight excluding hydrogens is 342 g/mol. The van der Waals surface area contributed by atoms with Gasteiger partial charge in [0.15, 0.2) is 0 Å². The lowest BCUT2D eigenvalue weighted by Gasteiger charge is -2.13. The third-order valence-corrected chi connectivity index (χ3v) is 5.45. The molecule has 0 amide bonds. The topological polar surface area (TPSA) is 43.8 Å². The Bertz CT molecular complexity index is 1050. The number of aryl methyl sites for hydroxylation is 3. The fourth-order valence-corrected chi connectivity index (χ4v) is 3.87. The molecular formula is C25H27N3. The molecule has 0 saturated carbocycles. The molecule has 0 saturated heterocycles. The van der Waals surface area contributed by atoms with Gasteiger partial charge in [0.2, 0.25) is 0 Å². The lowest BCUT2D eigenvalue weighted by molar-refractivity contribution is 0.642. The second-order valence-electron chi connectivity index (χ2n) is 7.53. The smallest absolute Gasteiger partial charge is 0.0945 e. The highest BCUT2D eigenvalue weighted by Crippen LogP contribution is 2.27. The van der Waals surface area contributed by atoms with Crippen LogP contribution in [0.1, 0.15) is 34.2 Å². The Morgan fingerprint density at radius 3 is 2.50 bits per heavy atom. The highest BCUT2D eigenvalue weighted by atomic mass is 15.0. The molecule has 1 heterocycles. The number of aromatic nitrogens is 2. The summed E-state index contributed by atoms with van der Waals surface area (Å²) < 4.78 is 2.15. The van der Waals surface area contributed by atoms with E-state index in [4.69, 9.17) is 5.73 Å². The second-order valence-corrected chi connectivity index (χ2v) is 7.53. The van der Waals surface area contributed by atoms with E-state index in [9.17, 15) is 0 Å². The third kappa shape index (κ3) is 4.15. The van der Waals surface area contributed by atoms with Crippen LogP contribution in [0.5, 0.6) is 0 Å². The van der Waals surface area contributed by atoms with Crippen molar-refractivity contribution in [2.45, 2.75) is 39.3 Å². The van der Waals surface area contributed by atoms with Crippen LogP contribution in [-0.2, 0) is 25.9 Å². The Balaban J connectivity index is 1.62. The Kier molecular flexibility index (Phi) is 5.54. The minimum Gasteiger partial charge on any atom is -0.337 e. The highest BCUT2D eigenvalue weighted by Gasteiger charge is 2.08. The Labute approximate surface area is 166 Å². The van der Waals surface area contributed by atoms with E-state index in [1.54, 1.807) is 0 Å². The quantitative estimate of drug-likeness (QED) is 0.497. The van der Waals surface area contributed by atoms with Gasteiger partial charge in [-0.15, -0.1) is 0 Å². The zero-order chi connectivity index (χ0) is 19.3. The van der Waals surface area contributed by atoms with E-state index < -0.39 is 0 Å². The fourth-order valence-electron chi connectivity index (χ4n) is 3.87. The van der Waals surface area contributed by atoms with Crippen molar-refractivity contribution in [3.63, 3.8) is 0 Å². The lowest BCUT2D eigenvalue weighted by Crippen LogP contribution is -1.99. The van der Waals surface area contributed by atoms with Crippen LogP contribution < -0.4 is 5.73 Å². The van der Waals surface area contributed by atoms with Gasteiger partial charge in [0.05, 0.1) is 6.33 Å². The van der Waals surface area contributed by atoms with Gasteiger partial charge in [-0.3, -0.25) is 0 Å². The Hall–Kier alpha value is -2.91. The van der Waals surface area contributed by atoms with Gasteiger partial charge in [0.1, 0.15) is 0 Å². The van der Waals surface area contributed by atoms with Crippen LogP contribution in [0.25, 0.3) is 10.8 Å². The first kappa shape index (κ1) is 18.5. The van der Waals surface area contributed by atoms with E-state index in [1.165, 1.54) is 38.6 Å². The lowest BCUT2D eigenvalue weighted by atomic mass is 9.92. The Morgan fingerprint density at radius 2 is 1.75 bits per heavy atom. The maximum Gasteiger partial charge on any atom is 0.0945 e. The fraction of sp³-hybridized carbons (Fsp3) is 0.240. The molecule has 3 nitrogen and oxygen atoms in total. The van der Waals surface area contributed by atoms with E-state index in [2.05, 4.69) is 71.1 Å². The van der Waals surface area contributed by atoms with Gasteiger partial charge in [0, 0.05) is 25.5 Å². The van der Waals surface area contributed by atoms with E-state index in [1.807, 2.05) is 18.7 Å². The molecule has 4 rings (SSSR count). The summed E-state index contributed by atoms with van der Waals surface area (Å²) in [5.74, 6) is 0. The molecule has 0 fully saturated rings. The molecule has 0 aliphatic rings. The van der Waals surface area contributed by atoms with E-state index in [-0.39, 0.29) is 0 Å². The predicted octanol–water partition coefficient (Wildman–Crippen LogP) is 5.03. The van der Waals surface area contributed by atoms with Crippen molar-refractivity contribution in [2.75, 3.05) is 0 Å². The molecule has 3 heteroatoms. The average molecular weight is 370 g/mol. The van der Waals surface area contributed by atoms with Crippen molar-refractivity contribution in [2.24, 2.45) is 5.73 Å². The molecule has 0 aliphatic carbocycles. The zero-order valence-corrected chi connectivity index (χ0v) is 16.4. The van der Waals surface area contributed by atoms with Crippen LogP contribution >= 0.6 is 0 Å². The minimum atomic E-state index is 0.592. The first-order valence-corrected chi connectivity index (χ1v) is 9.97. The van der Waals surface area contributed by atoms with E-state index in [0.29, 0.717) is 6.54 Å². The van der Waals surface area contributed by atoms with Gasteiger partial charge in [-0.1, -0.05) is 54.6 Å². The SMILES string of the molecule is Cc1cccc2c(Cc3ccc(CN)cc3)cc(CCCn3ccnc3)cc12. The molecule has 142 valence electrons. The normalized spacial score (nSPS) is 11.2. The van der Waals surface area contributed by atoms with Crippen LogP contribution in [0.4, 0.5) is 0 Å². The Morgan fingerprint density at radius 1 is 0.929 bits per heavy atom. The average Bonchev–Trinajstić information content (AvgIpc) is 3.23. The number of nitrogens with zero attached hydrogens (tertiary/aromatic N) is 2. The summed E-state index contributed by atoms with van der Waals surface area (Å²) in [6.45, 7) is 3.80. The molecule has 0 unspecified atom stereocenters. The summed E-state index contributed by atoms with van der Waals surface area (Å²) in [5.41, 5.74) is 12.4. The summed E-state index contributed by atoms with van der Waals surface area (Å²) in [6, 6.07) is 20.1. The summed E-state index contributed by atoms with van der Waals surface area (Å²) in [7, 11) is 0. The maximum atomic E-state index is 5.74. The van der Waals surface area contributed by atoms with Crippen LogP contribution in [-0.4, -0.2) is 9.55 Å². The third-order valence-electron chi connectivity index (χ3n) is 5.45. The van der Waals surface area contributed by atoms with Gasteiger partial charge in [-0.05, 0) is 64.8 Å². The van der Waals surface area contributed by atoms with Crippen molar-refractivity contribution in [3.8, 4) is 0 Å². The van der Waals surface area contributed by atoms with Crippen LogP contribution in [0.3, 0.4) is 0 Å². The monoisotopic (exact) mass is 369 g/mol. The van der Waals surface area contributed by atoms with Crippen LogP contribution in [0.15, 0.2) is 73.3 Å². The van der Waals surface area contributed by atoms with Crippen molar-refractivity contribution in [1.82, 2.24) is 9.55 Å². The van der Waals surface area contributed by atoms with Gasteiger partial charge >= 0.3 is 0 Å². The molecule has 2 N–H and O–H groups in total. The number of hydrogen-bond donors (Lipinski definition) is 1. The van der Waals surface area contributed by atoms with Gasteiger partial charge < -0.3 is 10.3 Å². The van der Waals surface area contributed by atoms with Crippen molar-refractivity contribution in [3.05, 3.63) is 101 Å². The predicted molar refractivity (Wildman–Crippen MR) is 116 cm³/mol. The minimum absolute atomic E-state index is 0.592. The molecule has 0 bridgehead atoms. The van der Waals surface area contributed by atoms with Gasteiger partial charge in [-0.25, -0.2) is 4.98 Å². The molecule has 0 radical (unpaired) electrons. The summed E-state index contributed by atoms with van der Waals surface area (Å²) in [5, 5.41) is 2.73. The number of fused-ring (bicyclic) bond motifs is 1. The van der Waals surface area contributed by atoms with Crippen molar-refractivity contribution in [1.29, 1.82) is 0 Å². The van der Waals surface area contributed by atoms with E-state index >= 15 is 0 Å². The molecule has 0 spiro atoms. The number of rotatable bonds is 7. The molecule has 0 aliphatic heterocycles. The molecule has 3 aromatic carbocycles. The summed E-state index contributed by atoms with van der Waals surface area (Å²) in [4.78, 5) is 4.13. The number of imidazole rings is 1. The first-order valence-electron chi connectivity index (χ1n) is 9.97. The maximum absolute atomic E-state index is 5.74. The van der Waals surface area contributed by atoms with Gasteiger partial charge in [-0.2, -0.15) is 0 Å². The van der Waals surface area contributed by atoms with Crippen LogP contribution in [0, 0.1) is 6.92 Å². The summed E-state index contributed by atoms with van der Waals surface area (Å²) in [6.07, 6.45) is 8.88. The highest BCUT2D eigenvalue weighted by molar-refractivity contribution is 5.89. The largest absolute Gasteiger partial charge is 0.337 e. The van der Waals surface area contributed by atoms with E-state index in [0.717, 1.165) is 25.8 Å². The van der Waals surface area contributed by atoms with Crippen LogP contribution in [0.2, 0.25) is 0 Å².